The molecule has 50 heavy (non-hydrogen) atoms. The third kappa shape index (κ3) is 7.85. The zero-order chi connectivity index (χ0) is 35.5. The molecule has 0 aliphatic rings. The van der Waals surface area contributed by atoms with Gasteiger partial charge in [0, 0.05) is 5.41 Å². The van der Waals surface area contributed by atoms with Crippen molar-refractivity contribution in [3.05, 3.63) is 215 Å². The van der Waals surface area contributed by atoms with E-state index in [1.807, 2.05) is 0 Å². The number of hydrogen-bond acceptors (Lipinski definition) is 1. The Morgan fingerprint density at radius 2 is 0.640 bits per heavy atom. The molecule has 0 unspecified atom stereocenters. The van der Waals surface area contributed by atoms with Crippen LogP contribution in [0.25, 0.3) is 0 Å². The van der Waals surface area contributed by atoms with Crippen molar-refractivity contribution in [2.45, 2.75) is 70.8 Å². The third-order valence-corrected chi connectivity index (χ3v) is 9.81. The maximum absolute atomic E-state index is 6.72. The highest BCUT2D eigenvalue weighted by molar-refractivity contribution is 5.54. The molecule has 0 atom stereocenters. The van der Waals surface area contributed by atoms with Gasteiger partial charge in [-0.1, -0.05) is 216 Å². The van der Waals surface area contributed by atoms with Crippen molar-refractivity contribution in [2.24, 2.45) is 5.41 Å². The van der Waals surface area contributed by atoms with Crippen LogP contribution in [0, 0.1) is 5.41 Å². The van der Waals surface area contributed by atoms with E-state index in [0.717, 1.165) is 12.8 Å². The van der Waals surface area contributed by atoms with E-state index in [0.29, 0.717) is 6.61 Å². The summed E-state index contributed by atoms with van der Waals surface area (Å²) in [5, 5.41) is 0. The molecular weight excluding hydrogens is 605 g/mol. The fourth-order valence-corrected chi connectivity index (χ4v) is 7.59. The first-order valence-corrected chi connectivity index (χ1v) is 18.1. The molecule has 256 valence electrons. The SMILES string of the molecule is CC(C)(C)COC(C)(C)C(c1ccccc1)(c1ccccc1)c1ccccc1.CCCC(c1ccccc1)(c1ccccc1)c1ccccc1. The van der Waals surface area contributed by atoms with E-state index in [-0.39, 0.29) is 10.8 Å². The lowest BCUT2D eigenvalue weighted by atomic mass is 9.60. The minimum atomic E-state index is -0.468. The van der Waals surface area contributed by atoms with E-state index in [4.69, 9.17) is 4.74 Å². The summed E-state index contributed by atoms with van der Waals surface area (Å²) in [4.78, 5) is 0. The average Bonchev–Trinajstić information content (AvgIpc) is 3.16. The lowest BCUT2D eigenvalue weighted by Gasteiger charge is -2.49. The number of benzene rings is 6. The Morgan fingerprint density at radius 1 is 0.380 bits per heavy atom. The van der Waals surface area contributed by atoms with Crippen LogP contribution >= 0.6 is 0 Å². The van der Waals surface area contributed by atoms with Gasteiger partial charge in [0.2, 0.25) is 0 Å². The molecule has 6 aromatic carbocycles. The molecule has 0 aromatic heterocycles. The predicted molar refractivity (Wildman–Crippen MR) is 213 cm³/mol. The second kappa shape index (κ2) is 16.3. The van der Waals surface area contributed by atoms with Crippen molar-refractivity contribution in [1.82, 2.24) is 0 Å². The monoisotopic (exact) mass is 658 g/mol. The number of hydrogen-bond donors (Lipinski definition) is 0. The zero-order valence-corrected chi connectivity index (χ0v) is 30.9. The summed E-state index contributed by atoms with van der Waals surface area (Å²) in [7, 11) is 0. The summed E-state index contributed by atoms with van der Waals surface area (Å²) in [5.74, 6) is 0. The van der Waals surface area contributed by atoms with Crippen LogP contribution in [-0.4, -0.2) is 12.2 Å². The summed E-state index contributed by atoms with van der Waals surface area (Å²) in [5.41, 5.74) is 6.96. The highest BCUT2D eigenvalue weighted by Gasteiger charge is 2.50. The second-order valence-corrected chi connectivity index (χ2v) is 15.0. The van der Waals surface area contributed by atoms with Crippen LogP contribution in [0.3, 0.4) is 0 Å². The molecule has 0 saturated carbocycles. The topological polar surface area (TPSA) is 9.23 Å². The molecule has 0 radical (unpaired) electrons. The van der Waals surface area contributed by atoms with Gasteiger partial charge in [0.15, 0.2) is 0 Å². The molecule has 6 aromatic rings. The quantitative estimate of drug-likeness (QED) is 0.126. The molecule has 1 heteroatoms. The molecule has 0 aliphatic carbocycles. The number of ether oxygens (including phenoxy) is 1. The summed E-state index contributed by atoms with van der Waals surface area (Å²) >= 11 is 0. The van der Waals surface area contributed by atoms with Gasteiger partial charge in [-0.15, -0.1) is 0 Å². The molecule has 0 aliphatic heterocycles. The first kappa shape index (κ1) is 36.6. The third-order valence-electron chi connectivity index (χ3n) is 9.81. The van der Waals surface area contributed by atoms with Crippen molar-refractivity contribution in [2.75, 3.05) is 6.61 Å². The Bertz CT molecular complexity index is 1630. The van der Waals surface area contributed by atoms with Crippen molar-refractivity contribution in [1.29, 1.82) is 0 Å². The van der Waals surface area contributed by atoms with E-state index in [1.165, 1.54) is 33.4 Å². The average molecular weight is 659 g/mol. The van der Waals surface area contributed by atoms with Crippen LogP contribution in [0.15, 0.2) is 182 Å². The van der Waals surface area contributed by atoms with E-state index >= 15 is 0 Å². The number of rotatable bonds is 11. The van der Waals surface area contributed by atoms with E-state index in [1.54, 1.807) is 0 Å². The Morgan fingerprint density at radius 3 is 0.880 bits per heavy atom. The van der Waals surface area contributed by atoms with Crippen molar-refractivity contribution in [3.63, 3.8) is 0 Å². The van der Waals surface area contributed by atoms with Crippen LogP contribution < -0.4 is 0 Å². The Kier molecular flexibility index (Phi) is 11.9. The van der Waals surface area contributed by atoms with Gasteiger partial charge in [-0.25, -0.2) is 0 Å². The van der Waals surface area contributed by atoms with Gasteiger partial charge in [-0.05, 0) is 59.1 Å². The normalized spacial score (nSPS) is 12.1. The van der Waals surface area contributed by atoms with Crippen molar-refractivity contribution < 1.29 is 4.74 Å². The minimum Gasteiger partial charge on any atom is -0.373 e. The Labute approximate surface area is 302 Å². The fraction of sp³-hybridized carbons (Fsp3) is 0.265. The fourth-order valence-electron chi connectivity index (χ4n) is 7.59. The van der Waals surface area contributed by atoms with Gasteiger partial charge >= 0.3 is 0 Å². The zero-order valence-electron chi connectivity index (χ0n) is 30.9. The molecular formula is C49H54O. The van der Waals surface area contributed by atoms with E-state index in [2.05, 4.69) is 224 Å². The highest BCUT2D eigenvalue weighted by Crippen LogP contribution is 2.49. The van der Waals surface area contributed by atoms with Gasteiger partial charge < -0.3 is 4.74 Å². The van der Waals surface area contributed by atoms with Crippen LogP contribution in [-0.2, 0) is 15.6 Å². The van der Waals surface area contributed by atoms with Gasteiger partial charge in [0.05, 0.1) is 17.6 Å². The summed E-state index contributed by atoms with van der Waals surface area (Å²) < 4.78 is 6.72. The molecule has 0 spiro atoms. The summed E-state index contributed by atoms with van der Waals surface area (Å²) in [6.07, 6.45) is 2.24. The Balaban J connectivity index is 0.000000200. The molecule has 0 saturated heterocycles. The van der Waals surface area contributed by atoms with Gasteiger partial charge in [-0.2, -0.15) is 0 Å². The Hall–Kier alpha value is -4.72. The standard InChI is InChI=1S/C27H32O.C22H22/c1-25(2,3)21-28-26(4,5)27(22-15-9-6-10-16-22,23-17-11-7-12-18-23)24-19-13-8-14-20-24;1-2-18-22(19-12-6-3-7-13-19,20-14-8-4-9-15-20)21-16-10-5-11-17-21/h6-20H,21H2,1-5H3;3-17H,2,18H2,1H3. The summed E-state index contributed by atoms with van der Waals surface area (Å²) in [6.45, 7) is 14.1. The minimum absolute atomic E-state index is 0.0709. The van der Waals surface area contributed by atoms with Crippen LogP contribution in [0.5, 0.6) is 0 Å². The lowest BCUT2D eigenvalue weighted by Crippen LogP contribution is -2.52. The molecule has 1 nitrogen and oxygen atoms in total. The van der Waals surface area contributed by atoms with Crippen LogP contribution in [0.2, 0.25) is 0 Å². The first-order chi connectivity index (χ1) is 24.1. The van der Waals surface area contributed by atoms with Gasteiger partial charge in [-0.3, -0.25) is 0 Å². The predicted octanol–water partition coefficient (Wildman–Crippen LogP) is 12.7. The maximum Gasteiger partial charge on any atom is 0.0804 e. The second-order valence-electron chi connectivity index (χ2n) is 15.0. The van der Waals surface area contributed by atoms with Crippen molar-refractivity contribution >= 4 is 0 Å². The molecule has 6 rings (SSSR count). The van der Waals surface area contributed by atoms with Gasteiger partial charge in [0.1, 0.15) is 0 Å². The molecule has 0 fully saturated rings. The maximum atomic E-state index is 6.72. The lowest BCUT2D eigenvalue weighted by molar-refractivity contribution is -0.0795. The smallest absolute Gasteiger partial charge is 0.0804 e. The molecule has 0 heterocycles. The van der Waals surface area contributed by atoms with Gasteiger partial charge in [0.25, 0.3) is 0 Å². The molecule has 0 amide bonds. The first-order valence-electron chi connectivity index (χ1n) is 18.1. The highest BCUT2D eigenvalue weighted by atomic mass is 16.5. The van der Waals surface area contributed by atoms with Crippen LogP contribution in [0.1, 0.15) is 87.8 Å². The van der Waals surface area contributed by atoms with Crippen LogP contribution in [0.4, 0.5) is 0 Å². The van der Waals surface area contributed by atoms with E-state index < -0.39 is 11.0 Å². The van der Waals surface area contributed by atoms with Crippen molar-refractivity contribution in [3.8, 4) is 0 Å². The van der Waals surface area contributed by atoms with E-state index in [9.17, 15) is 0 Å². The summed E-state index contributed by atoms with van der Waals surface area (Å²) in [6, 6.07) is 65.0. The molecule has 0 bridgehead atoms. The molecule has 0 N–H and O–H groups in total. The largest absolute Gasteiger partial charge is 0.373 e.